The van der Waals surface area contributed by atoms with Crippen LogP contribution in [0, 0.1) is 5.92 Å². The minimum atomic E-state index is -0.866. The summed E-state index contributed by atoms with van der Waals surface area (Å²) in [6, 6.07) is 20.9. The molecule has 3 saturated heterocycles. The molecule has 278 valence electrons. The number of urea groups is 1. The lowest BCUT2D eigenvalue weighted by molar-refractivity contribution is -0.141. The minimum absolute atomic E-state index is 0.146. The van der Waals surface area contributed by atoms with Crippen LogP contribution in [0.4, 0.5) is 4.79 Å². The van der Waals surface area contributed by atoms with Gasteiger partial charge >= 0.3 is 12.0 Å². The number of tetrazole rings is 1. The van der Waals surface area contributed by atoms with Crippen LogP contribution in [0.3, 0.4) is 0 Å². The monoisotopic (exact) mass is 760 g/mol. The molecule has 0 bridgehead atoms. The third-order valence-corrected chi connectivity index (χ3v) is 12.1. The van der Waals surface area contributed by atoms with E-state index in [2.05, 4.69) is 37.9 Å². The Morgan fingerprint density at radius 3 is 2.40 bits per heavy atom. The number of carbonyl (C=O) groups is 3. The van der Waals surface area contributed by atoms with E-state index in [1.807, 2.05) is 41.3 Å². The number of amides is 3. The number of ether oxygens (including phenoxy) is 1. The zero-order valence-corrected chi connectivity index (χ0v) is 31.0. The van der Waals surface area contributed by atoms with Crippen molar-refractivity contribution in [2.75, 3.05) is 52.9 Å². The Labute approximate surface area is 317 Å². The summed E-state index contributed by atoms with van der Waals surface area (Å²) in [5.41, 5.74) is 2.18. The quantitative estimate of drug-likeness (QED) is 0.221. The molecule has 2 atom stereocenters. The van der Waals surface area contributed by atoms with E-state index in [9.17, 15) is 19.5 Å². The maximum Gasteiger partial charge on any atom is 0.318 e. The molecule has 15 heteroatoms. The van der Waals surface area contributed by atoms with Crippen molar-refractivity contribution in [1.82, 2.24) is 40.2 Å². The smallest absolute Gasteiger partial charge is 0.318 e. The number of likely N-dealkylation sites (tertiary alicyclic amines) is 3. The second kappa shape index (κ2) is 15.3. The molecule has 0 aliphatic carbocycles. The highest BCUT2D eigenvalue weighted by Gasteiger charge is 2.44. The number of rotatable bonds is 10. The summed E-state index contributed by atoms with van der Waals surface area (Å²) < 4.78 is 7.10. The lowest BCUT2D eigenvalue weighted by atomic mass is 9.76. The number of methoxy groups -OCH3 is 1. The van der Waals surface area contributed by atoms with E-state index in [-0.39, 0.29) is 23.9 Å². The number of benzene rings is 3. The fourth-order valence-electron chi connectivity index (χ4n) is 8.11. The van der Waals surface area contributed by atoms with Gasteiger partial charge in [0.15, 0.2) is 0 Å². The Morgan fingerprint density at radius 2 is 1.72 bits per heavy atom. The number of carbonyl (C=O) groups excluding carboxylic acids is 2. The van der Waals surface area contributed by atoms with Gasteiger partial charge in [0.05, 0.1) is 39.9 Å². The molecule has 4 aromatic rings. The summed E-state index contributed by atoms with van der Waals surface area (Å²) in [7, 11) is 1.55. The van der Waals surface area contributed by atoms with Crippen molar-refractivity contribution < 1.29 is 24.2 Å². The van der Waals surface area contributed by atoms with Crippen molar-refractivity contribution >= 4 is 41.1 Å². The van der Waals surface area contributed by atoms with Gasteiger partial charge in [-0.2, -0.15) is 0 Å². The molecule has 3 aliphatic rings. The van der Waals surface area contributed by atoms with Gasteiger partial charge < -0.3 is 29.9 Å². The molecule has 53 heavy (non-hydrogen) atoms. The van der Waals surface area contributed by atoms with E-state index in [0.29, 0.717) is 65.9 Å². The number of halogens is 2. The van der Waals surface area contributed by atoms with Gasteiger partial charge in [-0.15, -0.1) is 5.10 Å². The second-order valence-electron chi connectivity index (χ2n) is 14.3. The Morgan fingerprint density at radius 1 is 0.925 bits per heavy atom. The molecule has 7 rings (SSSR count). The summed E-state index contributed by atoms with van der Waals surface area (Å²) in [5, 5.41) is 25.2. The van der Waals surface area contributed by atoms with Gasteiger partial charge in [-0.1, -0.05) is 59.6 Å². The van der Waals surface area contributed by atoms with Gasteiger partial charge in [-0.3, -0.25) is 9.59 Å². The predicted octanol–water partition coefficient (Wildman–Crippen LogP) is 5.26. The van der Waals surface area contributed by atoms with E-state index >= 15 is 0 Å². The standard InChI is InChI=1S/C38H42Cl2N8O5/c1-53-33-10-8-29(48-25-41-43-44-48)22-30(33)34(49)47-20-13-37(24-47,28-7-9-31(39)32(40)21-28)12-17-45-18-14-38(15-19-45,27-5-3-2-4-6-27)42-36(52)46-16-11-26(23-46)35(50)51/h2-10,21-22,25-26H,11-20,23-24H2,1H3,(H,42,52)(H,50,51). The first-order valence-corrected chi connectivity index (χ1v) is 18.6. The second-order valence-corrected chi connectivity index (χ2v) is 15.1. The molecule has 1 aromatic heterocycles. The van der Waals surface area contributed by atoms with Gasteiger partial charge in [0.25, 0.3) is 5.91 Å². The van der Waals surface area contributed by atoms with Crippen LogP contribution >= 0.6 is 23.2 Å². The summed E-state index contributed by atoms with van der Waals surface area (Å²) in [6.45, 7) is 3.92. The van der Waals surface area contributed by atoms with Crippen LogP contribution in [0.2, 0.25) is 10.0 Å². The van der Waals surface area contributed by atoms with Gasteiger partial charge in [-0.25, -0.2) is 9.48 Å². The van der Waals surface area contributed by atoms with Crippen molar-refractivity contribution in [2.24, 2.45) is 5.92 Å². The lowest BCUT2D eigenvalue weighted by Crippen LogP contribution is -2.56. The number of nitrogens with zero attached hydrogens (tertiary/aromatic N) is 7. The van der Waals surface area contributed by atoms with Gasteiger partial charge in [-0.05, 0) is 90.5 Å². The van der Waals surface area contributed by atoms with Crippen molar-refractivity contribution in [2.45, 2.75) is 43.1 Å². The third kappa shape index (κ3) is 7.55. The predicted molar refractivity (Wildman–Crippen MR) is 199 cm³/mol. The number of piperidine rings is 1. The maximum absolute atomic E-state index is 14.2. The highest BCUT2D eigenvalue weighted by Crippen LogP contribution is 2.42. The molecular weight excluding hydrogens is 719 g/mol. The molecule has 3 aromatic carbocycles. The summed E-state index contributed by atoms with van der Waals surface area (Å²) in [5.74, 6) is -1.08. The van der Waals surface area contributed by atoms with Gasteiger partial charge in [0.1, 0.15) is 12.1 Å². The molecule has 3 fully saturated rings. The van der Waals surface area contributed by atoms with E-state index in [4.69, 9.17) is 27.9 Å². The molecule has 3 aliphatic heterocycles. The fraction of sp³-hybridized carbons (Fsp3) is 0.421. The van der Waals surface area contributed by atoms with Crippen molar-refractivity contribution in [3.8, 4) is 11.4 Å². The molecule has 13 nitrogen and oxygen atoms in total. The Hall–Kier alpha value is -4.72. The van der Waals surface area contributed by atoms with Crippen LogP contribution in [-0.4, -0.2) is 111 Å². The van der Waals surface area contributed by atoms with E-state index in [1.165, 1.54) is 11.0 Å². The summed E-state index contributed by atoms with van der Waals surface area (Å²) >= 11 is 12.9. The number of hydrogen-bond donors (Lipinski definition) is 2. The highest BCUT2D eigenvalue weighted by atomic mass is 35.5. The lowest BCUT2D eigenvalue weighted by Gasteiger charge is -2.44. The van der Waals surface area contributed by atoms with Crippen molar-refractivity contribution in [1.29, 1.82) is 0 Å². The number of aliphatic carboxylic acids is 1. The Kier molecular flexibility index (Phi) is 10.6. The topological polar surface area (TPSA) is 146 Å². The van der Waals surface area contributed by atoms with Crippen molar-refractivity contribution in [3.05, 3.63) is 99.8 Å². The van der Waals surface area contributed by atoms with E-state index in [1.54, 1.807) is 30.2 Å². The average Bonchev–Trinajstić information content (AvgIpc) is 3.98. The van der Waals surface area contributed by atoms with E-state index in [0.717, 1.165) is 43.6 Å². The van der Waals surface area contributed by atoms with Crippen LogP contribution in [-0.2, 0) is 15.7 Å². The first kappa shape index (κ1) is 36.6. The van der Waals surface area contributed by atoms with E-state index < -0.39 is 17.4 Å². The molecule has 2 N–H and O–H groups in total. The van der Waals surface area contributed by atoms with Crippen molar-refractivity contribution in [3.63, 3.8) is 0 Å². The molecule has 0 saturated carbocycles. The highest BCUT2D eigenvalue weighted by molar-refractivity contribution is 6.42. The number of carboxylic acids is 1. The molecule has 0 spiro atoms. The zero-order valence-electron chi connectivity index (χ0n) is 29.5. The maximum atomic E-state index is 14.2. The van der Waals surface area contributed by atoms with Crippen LogP contribution in [0.1, 0.15) is 53.6 Å². The Balaban J connectivity index is 1.08. The molecule has 4 heterocycles. The normalized spacial score (nSPS) is 21.5. The fourth-order valence-corrected chi connectivity index (χ4v) is 8.41. The number of aromatic nitrogens is 4. The summed E-state index contributed by atoms with van der Waals surface area (Å²) in [4.78, 5) is 45.2. The van der Waals surface area contributed by atoms with Gasteiger partial charge in [0, 0.05) is 44.7 Å². The van der Waals surface area contributed by atoms with Crippen LogP contribution in [0.5, 0.6) is 5.75 Å². The van der Waals surface area contributed by atoms with Crippen LogP contribution in [0.25, 0.3) is 5.69 Å². The third-order valence-electron chi connectivity index (χ3n) is 11.3. The molecular formula is C38H42Cl2N8O5. The SMILES string of the molecule is COc1ccc(-n2cnnn2)cc1C(=O)N1CCC(CCN2CCC(NC(=O)N3CCC(C(=O)O)C3)(c3ccccc3)CC2)(c2ccc(Cl)c(Cl)c2)C1. The zero-order chi connectivity index (χ0) is 37.2. The molecule has 0 radical (unpaired) electrons. The number of hydrogen-bond acceptors (Lipinski definition) is 8. The average molecular weight is 762 g/mol. The Bertz CT molecular complexity index is 1960. The first-order valence-electron chi connectivity index (χ1n) is 17.8. The molecule has 3 amide bonds. The van der Waals surface area contributed by atoms with Crippen LogP contribution in [0.15, 0.2) is 73.1 Å². The first-order chi connectivity index (χ1) is 25.6. The number of carboxylic acid groups (broad SMARTS) is 1. The summed E-state index contributed by atoms with van der Waals surface area (Å²) in [6.07, 6.45) is 4.83. The number of nitrogens with one attached hydrogen (secondary N) is 1. The molecule has 2 unspecified atom stereocenters. The minimum Gasteiger partial charge on any atom is -0.496 e. The van der Waals surface area contributed by atoms with Crippen LogP contribution < -0.4 is 10.1 Å². The largest absolute Gasteiger partial charge is 0.496 e. The van der Waals surface area contributed by atoms with Gasteiger partial charge in [0.2, 0.25) is 0 Å².